The molecule has 0 heterocycles. The molecule has 5 nitrogen and oxygen atoms in total. The van der Waals surface area contributed by atoms with Crippen molar-refractivity contribution in [2.75, 3.05) is 27.2 Å². The Balaban J connectivity index is 3.18. The van der Waals surface area contributed by atoms with E-state index >= 15 is 0 Å². The summed E-state index contributed by atoms with van der Waals surface area (Å²) in [6.07, 6.45) is -4.75. The average Bonchev–Trinajstić information content (AvgIpc) is 2.36. The molecule has 22 heavy (non-hydrogen) atoms. The molecule has 0 fully saturated rings. The molecule has 0 aliphatic carbocycles. The van der Waals surface area contributed by atoms with Crippen molar-refractivity contribution in [3.05, 3.63) is 29.8 Å². The van der Waals surface area contributed by atoms with Crippen LogP contribution in [0.1, 0.15) is 5.56 Å². The lowest BCUT2D eigenvalue weighted by Crippen LogP contribution is -2.44. The minimum absolute atomic E-state index is 0.139. The first kappa shape index (κ1) is 18.4. The van der Waals surface area contributed by atoms with Gasteiger partial charge in [0, 0.05) is 14.1 Å². The normalized spacial score (nSPS) is 12.5. The van der Waals surface area contributed by atoms with Crippen LogP contribution in [0.5, 0.6) is 0 Å². The molecule has 1 rings (SSSR count). The molecule has 0 saturated carbocycles. The lowest BCUT2D eigenvalue weighted by Gasteiger charge is -2.24. The summed E-state index contributed by atoms with van der Waals surface area (Å²) in [5.74, 6) is -0.736. The highest BCUT2D eigenvalue weighted by Gasteiger charge is 2.38. The number of halogens is 3. The van der Waals surface area contributed by atoms with Gasteiger partial charge in [-0.25, -0.2) is 8.42 Å². The number of nitrogens with zero attached hydrogens (tertiary/aromatic N) is 2. The SMILES string of the molecule is Cc1ccc(S(=O)(=O)N(CC(=O)N(C)C)CC(F)(F)F)cc1. The van der Waals surface area contributed by atoms with Crippen LogP contribution in [0.4, 0.5) is 13.2 Å². The minimum Gasteiger partial charge on any atom is -0.348 e. The number of alkyl halides is 3. The van der Waals surface area contributed by atoms with Crippen LogP contribution >= 0.6 is 0 Å². The van der Waals surface area contributed by atoms with E-state index in [4.69, 9.17) is 0 Å². The standard InChI is InChI=1S/C13H17F3N2O3S/c1-10-4-6-11(7-5-10)22(20,21)18(9-13(14,15)16)8-12(19)17(2)3/h4-7H,8-9H2,1-3H3. The number of aryl methyl sites for hydroxylation is 1. The van der Waals surface area contributed by atoms with Crippen LogP contribution in [0, 0.1) is 6.92 Å². The molecule has 0 unspecified atom stereocenters. The average molecular weight is 338 g/mol. The second kappa shape index (κ2) is 6.66. The Morgan fingerprint density at radius 1 is 1.14 bits per heavy atom. The van der Waals surface area contributed by atoms with Gasteiger partial charge in [-0.3, -0.25) is 4.79 Å². The molecule has 0 bridgehead atoms. The van der Waals surface area contributed by atoms with E-state index < -0.39 is 35.2 Å². The molecule has 0 spiro atoms. The number of likely N-dealkylation sites (N-methyl/N-ethyl adjacent to an activating group) is 1. The first-order valence-electron chi connectivity index (χ1n) is 6.27. The molecule has 1 aromatic rings. The molecule has 9 heteroatoms. The number of sulfonamides is 1. The van der Waals surface area contributed by atoms with E-state index in [2.05, 4.69) is 0 Å². The summed E-state index contributed by atoms with van der Waals surface area (Å²) < 4.78 is 62.7. The summed E-state index contributed by atoms with van der Waals surface area (Å²) >= 11 is 0. The number of amides is 1. The zero-order valence-electron chi connectivity index (χ0n) is 12.4. The first-order chi connectivity index (χ1) is 9.93. The van der Waals surface area contributed by atoms with Gasteiger partial charge in [0.1, 0.15) is 6.54 Å². The number of carbonyl (C=O) groups is 1. The highest BCUT2D eigenvalue weighted by Crippen LogP contribution is 2.23. The van der Waals surface area contributed by atoms with Gasteiger partial charge in [-0.2, -0.15) is 17.5 Å². The third kappa shape index (κ3) is 4.99. The Morgan fingerprint density at radius 3 is 2.05 bits per heavy atom. The predicted octanol–water partition coefficient (Wildman–Crippen LogP) is 1.64. The van der Waals surface area contributed by atoms with E-state index in [9.17, 15) is 26.4 Å². The molecule has 0 atom stereocenters. The van der Waals surface area contributed by atoms with Crippen LogP contribution in [-0.2, 0) is 14.8 Å². The van der Waals surface area contributed by atoms with Crippen molar-refractivity contribution in [1.82, 2.24) is 9.21 Å². The van der Waals surface area contributed by atoms with Crippen molar-refractivity contribution in [2.45, 2.75) is 18.0 Å². The summed E-state index contributed by atoms with van der Waals surface area (Å²) in [6.45, 7) is -0.870. The summed E-state index contributed by atoms with van der Waals surface area (Å²) in [5, 5.41) is 0. The minimum atomic E-state index is -4.75. The van der Waals surface area contributed by atoms with Crippen LogP contribution in [0.2, 0.25) is 0 Å². The van der Waals surface area contributed by atoms with E-state index in [1.807, 2.05) is 0 Å². The van der Waals surface area contributed by atoms with Crippen molar-refractivity contribution in [2.24, 2.45) is 0 Å². The van der Waals surface area contributed by atoms with Gasteiger partial charge in [-0.1, -0.05) is 17.7 Å². The number of hydrogen-bond acceptors (Lipinski definition) is 3. The zero-order valence-corrected chi connectivity index (χ0v) is 13.2. The molecule has 0 aliphatic rings. The maximum Gasteiger partial charge on any atom is 0.402 e. The van der Waals surface area contributed by atoms with Crippen LogP contribution in [0.15, 0.2) is 29.2 Å². The summed E-state index contributed by atoms with van der Waals surface area (Å²) in [6, 6.07) is 5.39. The van der Waals surface area contributed by atoms with Gasteiger partial charge in [0.15, 0.2) is 0 Å². The van der Waals surface area contributed by atoms with Crippen LogP contribution < -0.4 is 0 Å². The van der Waals surface area contributed by atoms with E-state index in [0.717, 1.165) is 10.5 Å². The van der Waals surface area contributed by atoms with Gasteiger partial charge >= 0.3 is 6.18 Å². The summed E-state index contributed by atoms with van der Waals surface area (Å²) in [4.78, 5) is 12.4. The fourth-order valence-electron chi connectivity index (χ4n) is 1.58. The van der Waals surface area contributed by atoms with Gasteiger partial charge < -0.3 is 4.90 Å². The molecule has 124 valence electrons. The quantitative estimate of drug-likeness (QED) is 0.820. The third-order valence-electron chi connectivity index (χ3n) is 2.82. The maximum absolute atomic E-state index is 12.6. The van der Waals surface area contributed by atoms with Crippen molar-refractivity contribution < 1.29 is 26.4 Å². The lowest BCUT2D eigenvalue weighted by molar-refractivity contribution is -0.141. The highest BCUT2D eigenvalue weighted by molar-refractivity contribution is 7.89. The lowest BCUT2D eigenvalue weighted by atomic mass is 10.2. The fourth-order valence-corrected chi connectivity index (χ4v) is 2.95. The second-order valence-corrected chi connectivity index (χ2v) is 6.93. The topological polar surface area (TPSA) is 57.7 Å². The van der Waals surface area contributed by atoms with Crippen LogP contribution in [0.3, 0.4) is 0 Å². The van der Waals surface area contributed by atoms with Gasteiger partial charge in [-0.05, 0) is 19.1 Å². The Morgan fingerprint density at radius 2 is 1.64 bits per heavy atom. The van der Waals surface area contributed by atoms with Crippen LogP contribution in [-0.4, -0.2) is 56.9 Å². The predicted molar refractivity (Wildman–Crippen MR) is 74.7 cm³/mol. The monoisotopic (exact) mass is 338 g/mol. The Bertz CT molecular complexity index is 625. The Hall–Kier alpha value is -1.61. The molecule has 1 amide bonds. The molecular formula is C13H17F3N2O3S. The number of hydrogen-bond donors (Lipinski definition) is 0. The third-order valence-corrected chi connectivity index (χ3v) is 4.63. The highest BCUT2D eigenvalue weighted by atomic mass is 32.2. The largest absolute Gasteiger partial charge is 0.402 e. The Labute approximate surface area is 127 Å². The van der Waals surface area contributed by atoms with E-state index in [0.29, 0.717) is 0 Å². The van der Waals surface area contributed by atoms with E-state index in [1.54, 1.807) is 6.92 Å². The second-order valence-electron chi connectivity index (χ2n) is 4.99. The van der Waals surface area contributed by atoms with Crippen LogP contribution in [0.25, 0.3) is 0 Å². The maximum atomic E-state index is 12.6. The van der Waals surface area contributed by atoms with E-state index in [-0.39, 0.29) is 9.20 Å². The molecule has 1 aromatic carbocycles. The van der Waals surface area contributed by atoms with Gasteiger partial charge in [0.2, 0.25) is 15.9 Å². The van der Waals surface area contributed by atoms with Crippen molar-refractivity contribution in [3.8, 4) is 0 Å². The summed E-state index contributed by atoms with van der Waals surface area (Å²) in [7, 11) is -1.73. The van der Waals surface area contributed by atoms with Gasteiger partial charge in [0.05, 0.1) is 11.4 Å². The molecule has 0 N–H and O–H groups in total. The first-order valence-corrected chi connectivity index (χ1v) is 7.71. The van der Waals surface area contributed by atoms with Crippen molar-refractivity contribution >= 4 is 15.9 Å². The summed E-state index contributed by atoms with van der Waals surface area (Å²) in [5.41, 5.74) is 0.769. The number of rotatable bonds is 5. The molecule has 0 aromatic heterocycles. The van der Waals surface area contributed by atoms with Crippen molar-refractivity contribution in [3.63, 3.8) is 0 Å². The van der Waals surface area contributed by atoms with Gasteiger partial charge in [-0.15, -0.1) is 0 Å². The molecule has 0 aliphatic heterocycles. The molecular weight excluding hydrogens is 321 g/mol. The molecule has 0 saturated heterocycles. The fraction of sp³-hybridized carbons (Fsp3) is 0.462. The van der Waals surface area contributed by atoms with Gasteiger partial charge in [0.25, 0.3) is 0 Å². The van der Waals surface area contributed by atoms with Crippen molar-refractivity contribution in [1.29, 1.82) is 0 Å². The number of carbonyl (C=O) groups excluding carboxylic acids is 1. The smallest absolute Gasteiger partial charge is 0.348 e. The molecule has 0 radical (unpaired) electrons. The number of benzene rings is 1. The zero-order chi connectivity index (χ0) is 17.1. The Kier molecular flexibility index (Phi) is 5.58. The van der Waals surface area contributed by atoms with E-state index in [1.165, 1.54) is 38.4 Å².